The van der Waals surface area contributed by atoms with Crippen LogP contribution in [-0.2, 0) is 13.1 Å². The number of amides is 1. The summed E-state index contributed by atoms with van der Waals surface area (Å²) in [7, 11) is 1.65. The average Bonchev–Trinajstić information content (AvgIpc) is 3.43. The predicted octanol–water partition coefficient (Wildman–Crippen LogP) is 3.14. The Labute approximate surface area is 158 Å². The first-order chi connectivity index (χ1) is 13.2. The number of carbonyl (C=O) groups excluding carboxylic acids is 1. The molecule has 0 spiro atoms. The van der Waals surface area contributed by atoms with Gasteiger partial charge in [0.1, 0.15) is 18.4 Å². The Bertz CT molecular complexity index is 885. The molecule has 1 heterocycles. The number of methoxy groups -OCH3 is 1. The molecule has 0 unspecified atom stereocenters. The van der Waals surface area contributed by atoms with E-state index in [1.807, 2.05) is 53.4 Å². The molecule has 0 atom stereocenters. The molecule has 4 rings (SSSR count). The van der Waals surface area contributed by atoms with Gasteiger partial charge in [-0.15, -0.1) is 0 Å². The molecule has 1 aliphatic rings. The van der Waals surface area contributed by atoms with Gasteiger partial charge in [-0.3, -0.25) is 4.79 Å². The third-order valence-corrected chi connectivity index (χ3v) is 4.77. The van der Waals surface area contributed by atoms with Gasteiger partial charge in [0.25, 0.3) is 5.91 Å². The van der Waals surface area contributed by atoms with Crippen LogP contribution in [0.5, 0.6) is 5.75 Å². The van der Waals surface area contributed by atoms with Crippen molar-refractivity contribution in [2.75, 3.05) is 7.11 Å². The van der Waals surface area contributed by atoms with E-state index in [2.05, 4.69) is 10.1 Å². The van der Waals surface area contributed by atoms with E-state index < -0.39 is 0 Å². The fourth-order valence-electron chi connectivity index (χ4n) is 3.10. The largest absolute Gasteiger partial charge is 0.497 e. The van der Waals surface area contributed by atoms with Crippen LogP contribution >= 0.6 is 0 Å². The van der Waals surface area contributed by atoms with Crippen molar-refractivity contribution in [3.05, 3.63) is 77.9 Å². The van der Waals surface area contributed by atoms with Gasteiger partial charge in [0.05, 0.1) is 13.7 Å². The standard InChI is InChI=1S/C21H22N4O2/c1-27-20-10-4-17(5-11-20)13-25(19-8-9-19)21(26)18-6-2-16(3-7-18)12-24-15-22-14-23-24/h2-7,10-11,14-15,19H,8-9,12-13H2,1H3. The SMILES string of the molecule is COc1ccc(CN(C(=O)c2ccc(Cn3cncn3)cc2)C2CC2)cc1. The minimum absolute atomic E-state index is 0.0839. The fourth-order valence-corrected chi connectivity index (χ4v) is 3.10. The number of benzene rings is 2. The molecule has 6 heteroatoms. The summed E-state index contributed by atoms with van der Waals surface area (Å²) >= 11 is 0. The molecule has 1 aromatic heterocycles. The lowest BCUT2D eigenvalue weighted by Crippen LogP contribution is -2.32. The molecule has 0 saturated heterocycles. The Morgan fingerprint density at radius 2 is 1.81 bits per heavy atom. The van der Waals surface area contributed by atoms with Gasteiger partial charge >= 0.3 is 0 Å². The van der Waals surface area contributed by atoms with Crippen molar-refractivity contribution in [2.45, 2.75) is 32.0 Å². The number of aromatic nitrogens is 3. The lowest BCUT2D eigenvalue weighted by atomic mass is 10.1. The van der Waals surface area contributed by atoms with Crippen LogP contribution in [0.15, 0.2) is 61.2 Å². The van der Waals surface area contributed by atoms with Gasteiger partial charge in [-0.25, -0.2) is 9.67 Å². The minimum Gasteiger partial charge on any atom is -0.497 e. The second-order valence-electron chi connectivity index (χ2n) is 6.80. The maximum atomic E-state index is 13.1. The molecule has 1 fully saturated rings. The lowest BCUT2D eigenvalue weighted by molar-refractivity contribution is 0.0730. The molecule has 1 amide bonds. The van der Waals surface area contributed by atoms with E-state index in [1.165, 1.54) is 6.33 Å². The number of carbonyl (C=O) groups is 1. The van der Waals surface area contributed by atoms with Crippen LogP contribution in [0.25, 0.3) is 0 Å². The summed E-state index contributed by atoms with van der Waals surface area (Å²) in [6.45, 7) is 1.26. The van der Waals surface area contributed by atoms with E-state index in [9.17, 15) is 4.79 Å². The van der Waals surface area contributed by atoms with Crippen molar-refractivity contribution in [3.8, 4) is 5.75 Å². The molecule has 0 radical (unpaired) electrons. The van der Waals surface area contributed by atoms with Crippen molar-refractivity contribution in [1.29, 1.82) is 0 Å². The number of nitrogens with zero attached hydrogens (tertiary/aromatic N) is 4. The molecule has 0 aliphatic heterocycles. The summed E-state index contributed by atoms with van der Waals surface area (Å²) < 4.78 is 6.97. The van der Waals surface area contributed by atoms with Crippen LogP contribution in [0.2, 0.25) is 0 Å². The van der Waals surface area contributed by atoms with E-state index in [0.29, 0.717) is 19.1 Å². The molecule has 27 heavy (non-hydrogen) atoms. The molecular weight excluding hydrogens is 340 g/mol. The maximum Gasteiger partial charge on any atom is 0.254 e. The summed E-state index contributed by atoms with van der Waals surface area (Å²) in [5, 5.41) is 4.11. The molecule has 1 saturated carbocycles. The Hall–Kier alpha value is -3.15. The van der Waals surface area contributed by atoms with E-state index >= 15 is 0 Å². The maximum absolute atomic E-state index is 13.1. The van der Waals surface area contributed by atoms with E-state index in [-0.39, 0.29) is 5.91 Å². The van der Waals surface area contributed by atoms with Crippen LogP contribution in [0.4, 0.5) is 0 Å². The normalized spacial score (nSPS) is 13.4. The van der Waals surface area contributed by atoms with Crippen molar-refractivity contribution in [2.24, 2.45) is 0 Å². The molecule has 0 N–H and O–H groups in total. The number of hydrogen-bond donors (Lipinski definition) is 0. The quantitative estimate of drug-likeness (QED) is 0.648. The van der Waals surface area contributed by atoms with Gasteiger partial charge in [0.15, 0.2) is 0 Å². The molecular formula is C21H22N4O2. The molecule has 3 aromatic rings. The first kappa shape index (κ1) is 17.3. The fraction of sp³-hybridized carbons (Fsp3) is 0.286. The van der Waals surface area contributed by atoms with Crippen LogP contribution in [0.1, 0.15) is 34.3 Å². The minimum atomic E-state index is 0.0839. The number of rotatable bonds is 7. The molecule has 1 aliphatic carbocycles. The topological polar surface area (TPSA) is 60.2 Å². The summed E-state index contributed by atoms with van der Waals surface area (Å²) in [5.74, 6) is 0.909. The zero-order chi connectivity index (χ0) is 18.6. The van der Waals surface area contributed by atoms with Gasteiger partial charge in [-0.05, 0) is 48.2 Å². The Balaban J connectivity index is 1.46. The lowest BCUT2D eigenvalue weighted by Gasteiger charge is -2.23. The average molecular weight is 362 g/mol. The smallest absolute Gasteiger partial charge is 0.254 e. The second kappa shape index (κ2) is 7.61. The summed E-state index contributed by atoms with van der Waals surface area (Å²) in [4.78, 5) is 19.0. The van der Waals surface area contributed by atoms with Crippen molar-refractivity contribution in [1.82, 2.24) is 19.7 Å². The number of ether oxygens (including phenoxy) is 1. The van der Waals surface area contributed by atoms with E-state index in [0.717, 1.165) is 35.3 Å². The van der Waals surface area contributed by atoms with Gasteiger partial charge in [-0.2, -0.15) is 5.10 Å². The Morgan fingerprint density at radius 3 is 2.41 bits per heavy atom. The monoisotopic (exact) mass is 362 g/mol. The third-order valence-electron chi connectivity index (χ3n) is 4.77. The zero-order valence-electron chi connectivity index (χ0n) is 15.3. The van der Waals surface area contributed by atoms with Crippen molar-refractivity contribution >= 4 is 5.91 Å². The Morgan fingerprint density at radius 1 is 1.11 bits per heavy atom. The van der Waals surface area contributed by atoms with Crippen LogP contribution in [0, 0.1) is 0 Å². The molecule has 0 bridgehead atoms. The summed E-state index contributed by atoms with van der Waals surface area (Å²) in [6.07, 6.45) is 5.35. The summed E-state index contributed by atoms with van der Waals surface area (Å²) in [5.41, 5.74) is 2.92. The highest BCUT2D eigenvalue weighted by Gasteiger charge is 2.33. The van der Waals surface area contributed by atoms with Crippen molar-refractivity contribution in [3.63, 3.8) is 0 Å². The first-order valence-corrected chi connectivity index (χ1v) is 9.08. The van der Waals surface area contributed by atoms with E-state index in [4.69, 9.17) is 4.74 Å². The Kier molecular flexibility index (Phi) is 4.87. The first-order valence-electron chi connectivity index (χ1n) is 9.08. The van der Waals surface area contributed by atoms with Gasteiger partial charge < -0.3 is 9.64 Å². The van der Waals surface area contributed by atoms with Crippen LogP contribution in [0.3, 0.4) is 0 Å². The van der Waals surface area contributed by atoms with Gasteiger partial charge in [-0.1, -0.05) is 24.3 Å². The highest BCUT2D eigenvalue weighted by molar-refractivity contribution is 5.94. The number of hydrogen-bond acceptors (Lipinski definition) is 4. The third kappa shape index (κ3) is 4.16. The molecule has 2 aromatic carbocycles. The second-order valence-corrected chi connectivity index (χ2v) is 6.80. The summed E-state index contributed by atoms with van der Waals surface area (Å²) in [6, 6.07) is 16.0. The highest BCUT2D eigenvalue weighted by Crippen LogP contribution is 2.30. The molecule has 138 valence electrons. The van der Waals surface area contributed by atoms with Gasteiger partial charge in [0, 0.05) is 18.2 Å². The van der Waals surface area contributed by atoms with Crippen molar-refractivity contribution < 1.29 is 9.53 Å². The van der Waals surface area contributed by atoms with Gasteiger partial charge in [0.2, 0.25) is 0 Å². The molecule has 6 nitrogen and oxygen atoms in total. The van der Waals surface area contributed by atoms with E-state index in [1.54, 1.807) is 18.1 Å². The van der Waals surface area contributed by atoms with Crippen LogP contribution in [-0.4, -0.2) is 38.7 Å². The zero-order valence-corrected chi connectivity index (χ0v) is 15.3. The highest BCUT2D eigenvalue weighted by atomic mass is 16.5. The predicted molar refractivity (Wildman–Crippen MR) is 101 cm³/mol. The van der Waals surface area contributed by atoms with Crippen LogP contribution < -0.4 is 4.74 Å².